The molecule has 1 amide bonds. The topological polar surface area (TPSA) is 100 Å². The van der Waals surface area contributed by atoms with E-state index in [1.165, 1.54) is 38.5 Å². The van der Waals surface area contributed by atoms with Crippen LogP contribution in [-0.4, -0.2) is 44.8 Å². The lowest BCUT2D eigenvalue weighted by Gasteiger charge is -2.16. The van der Waals surface area contributed by atoms with Crippen molar-refractivity contribution in [3.63, 3.8) is 0 Å². The molecule has 3 rings (SSSR count). The summed E-state index contributed by atoms with van der Waals surface area (Å²) in [6.45, 7) is 3.45. The number of benzene rings is 1. The lowest BCUT2D eigenvalue weighted by atomic mass is 9.95. The minimum absolute atomic E-state index is 0.144. The fourth-order valence-electron chi connectivity index (χ4n) is 3.61. The van der Waals surface area contributed by atoms with Crippen LogP contribution in [0.4, 0.5) is 5.00 Å². The summed E-state index contributed by atoms with van der Waals surface area (Å²) in [6.07, 6.45) is 2.56. The molecule has 0 aliphatic heterocycles. The van der Waals surface area contributed by atoms with Crippen LogP contribution in [0.3, 0.4) is 0 Å². The number of carbonyl (C=O) groups is 3. The highest BCUT2D eigenvalue weighted by molar-refractivity contribution is 7.17. The van der Waals surface area contributed by atoms with E-state index in [9.17, 15) is 14.4 Å². The van der Waals surface area contributed by atoms with E-state index in [-0.39, 0.29) is 17.9 Å². The number of fused-ring (bicyclic) bond motifs is 1. The number of carbonyl (C=O) groups excluding carboxylic acids is 3. The summed E-state index contributed by atoms with van der Waals surface area (Å²) < 4.78 is 21.0. The van der Waals surface area contributed by atoms with Crippen molar-refractivity contribution in [2.45, 2.75) is 45.6 Å². The number of methoxy groups -OCH3 is 2. The van der Waals surface area contributed by atoms with E-state index in [1.54, 1.807) is 19.1 Å². The van der Waals surface area contributed by atoms with Crippen LogP contribution in [-0.2, 0) is 27.1 Å². The summed E-state index contributed by atoms with van der Waals surface area (Å²) in [5, 5.41) is 3.19. The van der Waals surface area contributed by atoms with Crippen LogP contribution in [0, 0.1) is 0 Å². The van der Waals surface area contributed by atoms with Gasteiger partial charge < -0.3 is 24.3 Å². The van der Waals surface area contributed by atoms with Crippen molar-refractivity contribution in [1.82, 2.24) is 0 Å². The molecule has 9 heteroatoms. The van der Waals surface area contributed by atoms with E-state index in [0.717, 1.165) is 36.1 Å². The molecule has 32 heavy (non-hydrogen) atoms. The Morgan fingerprint density at radius 3 is 2.53 bits per heavy atom. The molecule has 172 valence electrons. The fourth-order valence-corrected chi connectivity index (χ4v) is 4.89. The summed E-state index contributed by atoms with van der Waals surface area (Å²) in [6, 6.07) is 4.81. The highest BCUT2D eigenvalue weighted by Gasteiger charge is 2.29. The summed E-state index contributed by atoms with van der Waals surface area (Å²) in [5.74, 6) is -1.11. The van der Waals surface area contributed by atoms with Crippen LogP contribution in [0.15, 0.2) is 18.2 Å². The molecular formula is C23H27NO7S. The number of hydrogen-bond acceptors (Lipinski definition) is 8. The lowest BCUT2D eigenvalue weighted by Crippen LogP contribution is -2.30. The Morgan fingerprint density at radius 1 is 1.09 bits per heavy atom. The van der Waals surface area contributed by atoms with Gasteiger partial charge in [0.15, 0.2) is 17.6 Å². The molecule has 1 aromatic heterocycles. The van der Waals surface area contributed by atoms with Crippen molar-refractivity contribution in [1.29, 1.82) is 0 Å². The third-order valence-corrected chi connectivity index (χ3v) is 6.37. The van der Waals surface area contributed by atoms with Crippen molar-refractivity contribution in [2.75, 3.05) is 26.1 Å². The minimum atomic E-state index is -1.10. The molecule has 0 spiro atoms. The Balaban J connectivity index is 1.77. The van der Waals surface area contributed by atoms with Crippen LogP contribution < -0.4 is 14.8 Å². The number of anilines is 1. The molecule has 0 radical (unpaired) electrons. The number of aryl methyl sites for hydroxylation is 1. The van der Waals surface area contributed by atoms with Gasteiger partial charge in [0.2, 0.25) is 0 Å². The van der Waals surface area contributed by atoms with Gasteiger partial charge in [0.1, 0.15) is 10.6 Å². The van der Waals surface area contributed by atoms with Gasteiger partial charge in [0, 0.05) is 4.88 Å². The summed E-state index contributed by atoms with van der Waals surface area (Å²) in [7, 11) is 2.88. The molecule has 1 N–H and O–H groups in total. The van der Waals surface area contributed by atoms with Gasteiger partial charge in [0.25, 0.3) is 5.91 Å². The van der Waals surface area contributed by atoms with E-state index < -0.39 is 23.9 Å². The molecule has 1 aliphatic rings. The van der Waals surface area contributed by atoms with Crippen LogP contribution in [0.2, 0.25) is 0 Å². The Hall–Kier alpha value is -3.07. The average Bonchev–Trinajstić information content (AvgIpc) is 3.16. The predicted octanol–water partition coefficient (Wildman–Crippen LogP) is 4.00. The highest BCUT2D eigenvalue weighted by atomic mass is 32.1. The van der Waals surface area contributed by atoms with Crippen molar-refractivity contribution in [2.24, 2.45) is 0 Å². The van der Waals surface area contributed by atoms with Gasteiger partial charge in [-0.25, -0.2) is 9.59 Å². The first-order valence-electron chi connectivity index (χ1n) is 10.5. The highest BCUT2D eigenvalue weighted by Crippen LogP contribution is 2.39. The monoisotopic (exact) mass is 461 g/mol. The van der Waals surface area contributed by atoms with Gasteiger partial charge in [-0.1, -0.05) is 6.07 Å². The molecular weight excluding hydrogens is 434 g/mol. The number of thiophene rings is 1. The number of hydrogen-bond donors (Lipinski definition) is 1. The second-order valence-corrected chi connectivity index (χ2v) is 8.32. The fraction of sp³-hybridized carbons (Fsp3) is 0.435. The molecule has 1 unspecified atom stereocenters. The van der Waals surface area contributed by atoms with E-state index in [4.69, 9.17) is 18.9 Å². The SMILES string of the molecule is CCOC(=O)c1c(NC(=O)C(C)OC(=O)c2cccc(OC)c2OC)sc2c1CCCC2. The molecule has 2 aromatic rings. The van der Waals surface area contributed by atoms with Crippen molar-refractivity contribution in [3.05, 3.63) is 39.8 Å². The molecule has 1 aliphatic carbocycles. The standard InChI is InChI=1S/C23H27NO7S/c1-5-30-23(27)18-14-9-6-7-12-17(14)32-21(18)24-20(25)13(2)31-22(26)15-10-8-11-16(28-3)19(15)29-4/h8,10-11,13H,5-7,9,12H2,1-4H3,(H,24,25). The largest absolute Gasteiger partial charge is 0.493 e. The Bertz CT molecular complexity index is 1010. The van der Waals surface area contributed by atoms with Crippen molar-refractivity contribution in [3.8, 4) is 11.5 Å². The zero-order valence-electron chi connectivity index (χ0n) is 18.6. The minimum Gasteiger partial charge on any atom is -0.493 e. The van der Waals surface area contributed by atoms with Crippen LogP contribution in [0.1, 0.15) is 57.8 Å². The maximum Gasteiger partial charge on any atom is 0.342 e. The van der Waals surface area contributed by atoms with Gasteiger partial charge in [-0.3, -0.25) is 4.79 Å². The Morgan fingerprint density at radius 2 is 1.84 bits per heavy atom. The molecule has 0 saturated heterocycles. The maximum absolute atomic E-state index is 12.8. The van der Waals surface area contributed by atoms with Crippen LogP contribution in [0.5, 0.6) is 11.5 Å². The van der Waals surface area contributed by atoms with E-state index >= 15 is 0 Å². The number of ether oxygens (including phenoxy) is 4. The molecule has 1 heterocycles. The van der Waals surface area contributed by atoms with Gasteiger partial charge in [-0.15, -0.1) is 11.3 Å². The van der Waals surface area contributed by atoms with Gasteiger partial charge >= 0.3 is 11.9 Å². The average molecular weight is 462 g/mol. The van der Waals surface area contributed by atoms with Gasteiger partial charge in [-0.05, 0) is 57.2 Å². The molecule has 0 fully saturated rings. The van der Waals surface area contributed by atoms with E-state index in [1.807, 2.05) is 0 Å². The number of esters is 2. The molecule has 1 atom stereocenters. The molecule has 1 aromatic carbocycles. The van der Waals surface area contributed by atoms with Crippen LogP contribution in [0.25, 0.3) is 0 Å². The Labute approximate surface area is 190 Å². The second-order valence-electron chi connectivity index (χ2n) is 7.21. The first-order chi connectivity index (χ1) is 15.4. The Kier molecular flexibility index (Phi) is 7.74. The quantitative estimate of drug-likeness (QED) is 0.593. The molecule has 0 bridgehead atoms. The summed E-state index contributed by atoms with van der Waals surface area (Å²) in [4.78, 5) is 39.1. The summed E-state index contributed by atoms with van der Waals surface area (Å²) >= 11 is 1.38. The third kappa shape index (κ3) is 4.88. The lowest BCUT2D eigenvalue weighted by molar-refractivity contribution is -0.123. The first-order valence-corrected chi connectivity index (χ1v) is 11.3. The van der Waals surface area contributed by atoms with E-state index in [0.29, 0.717) is 16.3 Å². The number of rotatable bonds is 8. The first kappa shape index (κ1) is 23.6. The van der Waals surface area contributed by atoms with Crippen LogP contribution >= 0.6 is 11.3 Å². The zero-order chi connectivity index (χ0) is 23.3. The van der Waals surface area contributed by atoms with Gasteiger partial charge in [-0.2, -0.15) is 0 Å². The molecule has 8 nitrogen and oxygen atoms in total. The second kappa shape index (κ2) is 10.5. The zero-order valence-corrected chi connectivity index (χ0v) is 19.4. The number of amides is 1. The van der Waals surface area contributed by atoms with Gasteiger partial charge in [0.05, 0.1) is 26.4 Å². The normalized spacial score (nSPS) is 13.5. The number of para-hydroxylation sites is 1. The number of nitrogens with one attached hydrogen (secondary N) is 1. The maximum atomic E-state index is 12.8. The molecule has 0 saturated carbocycles. The van der Waals surface area contributed by atoms with E-state index in [2.05, 4.69) is 5.32 Å². The smallest absolute Gasteiger partial charge is 0.342 e. The third-order valence-electron chi connectivity index (χ3n) is 5.16. The predicted molar refractivity (Wildman–Crippen MR) is 120 cm³/mol. The summed E-state index contributed by atoms with van der Waals surface area (Å²) in [5.41, 5.74) is 1.50. The van der Waals surface area contributed by atoms with Crippen molar-refractivity contribution >= 4 is 34.2 Å². The van der Waals surface area contributed by atoms with Crippen molar-refractivity contribution < 1.29 is 33.3 Å².